The van der Waals surface area contributed by atoms with E-state index < -0.39 is 0 Å². The van der Waals surface area contributed by atoms with Gasteiger partial charge >= 0.3 is 5.97 Å². The summed E-state index contributed by atoms with van der Waals surface area (Å²) < 4.78 is 6.40. The lowest BCUT2D eigenvalue weighted by Crippen LogP contribution is -2.66. The Morgan fingerprint density at radius 3 is 1.94 bits per heavy atom. The minimum Gasteiger partial charge on any atom is -0.462 e. The van der Waals surface area contributed by atoms with Crippen LogP contribution in [0.25, 0.3) is 0 Å². The van der Waals surface area contributed by atoms with Gasteiger partial charge in [-0.1, -0.05) is 151 Å². The average Bonchev–Trinajstić information content (AvgIpc) is 3.04. The highest BCUT2D eigenvalue weighted by Crippen LogP contribution is 2.75. The van der Waals surface area contributed by atoms with Gasteiger partial charge in [0, 0.05) is 17.3 Å². The van der Waals surface area contributed by atoms with Gasteiger partial charge in [0.25, 0.3) is 0 Å². The monoisotopic (exact) mass is 681 g/mol. The maximum absolute atomic E-state index is 13.2. The molecule has 0 aromatic rings. The number of ether oxygens (including phenoxy) is 1. The van der Waals surface area contributed by atoms with Crippen LogP contribution in [0.1, 0.15) is 204 Å². The zero-order chi connectivity index (χ0) is 35.7. The first-order valence-corrected chi connectivity index (χ1v) is 21.7. The number of carbonyl (C=O) groups is 1. The van der Waals surface area contributed by atoms with Crippen molar-refractivity contribution in [1.82, 2.24) is 0 Å². The Morgan fingerprint density at radius 1 is 0.755 bits per heavy atom. The Morgan fingerprint density at radius 2 is 1.33 bits per heavy atom. The standard InChI is InChI=1S/C46H80O3/c1-10-11-12-13-14-15-16-17-18-19-20-21-22-23-40(48)49-39-28-30-43(6)36(42(39,4)5)27-31-45(8)37(43)25-24-35-41-34(3)33(2)26-29-44(41,7)38(47)32-46(35,45)9/h24,33-34,36-39,41,47H,10-23,25-32H2,1-9H3. The van der Waals surface area contributed by atoms with E-state index >= 15 is 0 Å². The third-order valence-electron chi connectivity index (χ3n) is 17.2. The number of allylic oxidation sites excluding steroid dienone is 2. The van der Waals surface area contributed by atoms with Crippen LogP contribution >= 0.6 is 0 Å². The van der Waals surface area contributed by atoms with Gasteiger partial charge < -0.3 is 9.84 Å². The SMILES string of the molecule is CCCCCCCCCCCCCCCC(=O)OC1CCC2(C)C(CCC3(C)C2CC=C2C4C(C)C(C)CCC4(C)C(O)CC23C)C1(C)C. The van der Waals surface area contributed by atoms with Crippen LogP contribution in [0.4, 0.5) is 0 Å². The number of unbranched alkanes of at least 4 members (excludes halogenated alkanes) is 12. The quantitative estimate of drug-likeness (QED) is 0.106. The van der Waals surface area contributed by atoms with Crippen molar-refractivity contribution >= 4 is 5.97 Å². The van der Waals surface area contributed by atoms with E-state index in [1.807, 2.05) is 0 Å². The van der Waals surface area contributed by atoms with Crippen molar-refractivity contribution in [2.45, 2.75) is 216 Å². The number of hydrogen-bond donors (Lipinski definition) is 1. The predicted octanol–water partition coefficient (Wildman–Crippen LogP) is 13.0. The first-order valence-electron chi connectivity index (χ1n) is 21.7. The molecule has 0 radical (unpaired) electrons. The number of esters is 1. The molecule has 3 heteroatoms. The molecule has 1 N–H and O–H groups in total. The van der Waals surface area contributed by atoms with Crippen molar-refractivity contribution in [3.8, 4) is 0 Å². The molecule has 4 saturated carbocycles. The third-order valence-corrected chi connectivity index (χ3v) is 17.2. The first kappa shape index (κ1) is 39.4. The Hall–Kier alpha value is -0.830. The minimum absolute atomic E-state index is 0.0123. The van der Waals surface area contributed by atoms with E-state index in [4.69, 9.17) is 4.74 Å². The number of aliphatic hydroxyl groups is 1. The summed E-state index contributed by atoms with van der Waals surface area (Å²) in [5.74, 6) is 3.02. The van der Waals surface area contributed by atoms with Gasteiger partial charge in [0.15, 0.2) is 0 Å². The number of hydrogen-bond acceptors (Lipinski definition) is 3. The molecule has 0 bridgehead atoms. The van der Waals surface area contributed by atoms with Crippen LogP contribution in [-0.2, 0) is 9.53 Å². The maximum atomic E-state index is 13.2. The van der Waals surface area contributed by atoms with E-state index in [0.717, 1.165) is 44.4 Å². The van der Waals surface area contributed by atoms with Gasteiger partial charge in [-0.25, -0.2) is 0 Å². The van der Waals surface area contributed by atoms with E-state index in [-0.39, 0.29) is 45.3 Å². The molecule has 282 valence electrons. The summed E-state index contributed by atoms with van der Waals surface area (Å²) in [5, 5.41) is 12.0. The molecule has 5 aliphatic carbocycles. The molecule has 0 heterocycles. The molecule has 49 heavy (non-hydrogen) atoms. The Bertz CT molecular complexity index is 1140. The summed E-state index contributed by atoms with van der Waals surface area (Å²) in [5.41, 5.74) is 2.15. The Labute approximate surface area is 304 Å². The fourth-order valence-electron chi connectivity index (χ4n) is 13.6. The van der Waals surface area contributed by atoms with Gasteiger partial charge in [0.2, 0.25) is 0 Å². The Balaban J connectivity index is 1.14. The smallest absolute Gasteiger partial charge is 0.306 e. The summed E-state index contributed by atoms with van der Waals surface area (Å²) in [6.45, 7) is 22.3. The molecule has 11 atom stereocenters. The van der Waals surface area contributed by atoms with Gasteiger partial charge in [0.05, 0.1) is 6.10 Å². The summed E-state index contributed by atoms with van der Waals surface area (Å²) in [4.78, 5) is 13.2. The second kappa shape index (κ2) is 15.6. The summed E-state index contributed by atoms with van der Waals surface area (Å²) in [6, 6.07) is 0. The molecule has 5 rings (SSSR count). The highest BCUT2D eigenvalue weighted by Gasteiger charge is 2.69. The third kappa shape index (κ3) is 7.26. The van der Waals surface area contributed by atoms with E-state index in [2.05, 4.69) is 68.4 Å². The van der Waals surface area contributed by atoms with Crippen LogP contribution < -0.4 is 0 Å². The number of carbonyl (C=O) groups excluding carboxylic acids is 1. The lowest BCUT2D eigenvalue weighted by molar-refractivity contribution is -0.221. The second-order valence-corrected chi connectivity index (χ2v) is 20.2. The number of rotatable bonds is 15. The molecule has 4 fully saturated rings. The lowest BCUT2D eigenvalue weighted by Gasteiger charge is -2.72. The van der Waals surface area contributed by atoms with Crippen LogP contribution in [0, 0.1) is 56.7 Å². The van der Waals surface area contributed by atoms with Crippen molar-refractivity contribution in [2.75, 3.05) is 0 Å². The molecule has 5 aliphatic rings. The van der Waals surface area contributed by atoms with Gasteiger partial charge in [0.1, 0.15) is 6.10 Å². The predicted molar refractivity (Wildman–Crippen MR) is 206 cm³/mol. The van der Waals surface area contributed by atoms with E-state index in [1.54, 1.807) is 5.57 Å². The fraction of sp³-hybridized carbons (Fsp3) is 0.935. The second-order valence-electron chi connectivity index (χ2n) is 20.2. The molecule has 11 unspecified atom stereocenters. The van der Waals surface area contributed by atoms with Gasteiger partial charge in [-0.3, -0.25) is 4.79 Å². The molecule has 0 aliphatic heterocycles. The number of aliphatic hydroxyl groups excluding tert-OH is 1. The van der Waals surface area contributed by atoms with Crippen molar-refractivity contribution in [1.29, 1.82) is 0 Å². The van der Waals surface area contributed by atoms with Crippen molar-refractivity contribution in [3.05, 3.63) is 11.6 Å². The maximum Gasteiger partial charge on any atom is 0.306 e. The molecular weight excluding hydrogens is 601 g/mol. The topological polar surface area (TPSA) is 46.5 Å². The summed E-state index contributed by atoms with van der Waals surface area (Å²) >= 11 is 0. The van der Waals surface area contributed by atoms with Crippen LogP contribution in [0.3, 0.4) is 0 Å². The molecule has 0 aromatic heterocycles. The zero-order valence-corrected chi connectivity index (χ0v) is 33.9. The normalized spacial score (nSPS) is 42.7. The van der Waals surface area contributed by atoms with E-state index in [9.17, 15) is 9.90 Å². The highest BCUT2D eigenvalue weighted by molar-refractivity contribution is 5.69. The van der Waals surface area contributed by atoms with Crippen LogP contribution in [0.15, 0.2) is 11.6 Å². The summed E-state index contributed by atoms with van der Waals surface area (Å²) in [6.07, 6.45) is 29.4. The number of fused-ring (bicyclic) bond motifs is 7. The fourth-order valence-corrected chi connectivity index (χ4v) is 13.6. The van der Waals surface area contributed by atoms with Gasteiger partial charge in [-0.2, -0.15) is 0 Å². The molecule has 3 nitrogen and oxygen atoms in total. The average molecular weight is 681 g/mol. The molecule has 0 amide bonds. The van der Waals surface area contributed by atoms with Crippen LogP contribution in [-0.4, -0.2) is 23.3 Å². The van der Waals surface area contributed by atoms with Gasteiger partial charge in [-0.05, 0) is 104 Å². The Kier molecular flexibility index (Phi) is 12.6. The molecular formula is C46H80O3. The molecule has 0 saturated heterocycles. The van der Waals surface area contributed by atoms with Crippen molar-refractivity contribution in [3.63, 3.8) is 0 Å². The molecule has 0 aromatic carbocycles. The minimum atomic E-state index is -0.225. The zero-order valence-electron chi connectivity index (χ0n) is 33.9. The lowest BCUT2D eigenvalue weighted by atomic mass is 9.33. The molecule has 0 spiro atoms. The van der Waals surface area contributed by atoms with Gasteiger partial charge in [-0.15, -0.1) is 0 Å². The van der Waals surface area contributed by atoms with Crippen LogP contribution in [0.2, 0.25) is 0 Å². The highest BCUT2D eigenvalue weighted by atomic mass is 16.5. The summed E-state index contributed by atoms with van der Waals surface area (Å²) in [7, 11) is 0. The van der Waals surface area contributed by atoms with Crippen molar-refractivity contribution in [2.24, 2.45) is 56.7 Å². The van der Waals surface area contributed by atoms with E-state index in [1.165, 1.54) is 96.3 Å². The van der Waals surface area contributed by atoms with E-state index in [0.29, 0.717) is 30.1 Å². The first-order chi connectivity index (χ1) is 23.2. The van der Waals surface area contributed by atoms with Crippen molar-refractivity contribution < 1.29 is 14.6 Å². The van der Waals surface area contributed by atoms with Crippen LogP contribution in [0.5, 0.6) is 0 Å². The largest absolute Gasteiger partial charge is 0.462 e.